The van der Waals surface area contributed by atoms with Crippen LogP contribution in [0.5, 0.6) is 0 Å². The number of aliphatic hydroxyl groups is 1. The molecule has 0 fully saturated rings. The van der Waals surface area contributed by atoms with Crippen molar-refractivity contribution in [2.45, 2.75) is 25.9 Å². The normalized spacial score (nSPS) is 12.5. The van der Waals surface area contributed by atoms with E-state index in [1.54, 1.807) is 0 Å². The predicted molar refractivity (Wildman–Crippen MR) is 80.9 cm³/mol. The van der Waals surface area contributed by atoms with Gasteiger partial charge in [0.15, 0.2) is 0 Å². The molecular weight excluding hydrogens is 232 g/mol. The third kappa shape index (κ3) is 4.08. The molecule has 0 aromatic heterocycles. The summed E-state index contributed by atoms with van der Waals surface area (Å²) in [4.78, 5) is 0. The Morgan fingerprint density at radius 1 is 0.947 bits per heavy atom. The molecule has 0 bridgehead atoms. The number of benzene rings is 2. The first-order valence-corrected chi connectivity index (χ1v) is 6.58. The van der Waals surface area contributed by atoms with Gasteiger partial charge in [0.05, 0.1) is 5.60 Å². The largest absolute Gasteiger partial charge is 0.386 e. The summed E-state index contributed by atoms with van der Waals surface area (Å²) in [5.41, 5.74) is 2.54. The lowest BCUT2D eigenvalue weighted by molar-refractivity contribution is 0.118. The summed E-state index contributed by atoms with van der Waals surface area (Å²) in [6.07, 6.45) is 2.84. The second kappa shape index (κ2) is 5.85. The van der Waals surface area contributed by atoms with Crippen LogP contribution < -0.4 is 0 Å². The highest BCUT2D eigenvalue weighted by Crippen LogP contribution is 2.23. The van der Waals surface area contributed by atoms with Gasteiger partial charge in [0.1, 0.15) is 0 Å². The first kappa shape index (κ1) is 13.6. The van der Waals surface area contributed by atoms with Crippen LogP contribution in [0, 0.1) is 0 Å². The molecule has 0 aliphatic rings. The Labute approximate surface area is 115 Å². The fourth-order valence-corrected chi connectivity index (χ4v) is 2.01. The molecule has 0 heterocycles. The fourth-order valence-electron chi connectivity index (χ4n) is 2.01. The van der Waals surface area contributed by atoms with E-state index in [9.17, 15) is 5.11 Å². The van der Waals surface area contributed by atoms with Gasteiger partial charge in [-0.3, -0.25) is 0 Å². The van der Waals surface area contributed by atoms with Crippen molar-refractivity contribution in [2.24, 2.45) is 0 Å². The van der Waals surface area contributed by atoms with E-state index in [0.29, 0.717) is 0 Å². The minimum Gasteiger partial charge on any atom is -0.386 e. The molecule has 2 aromatic carbocycles. The topological polar surface area (TPSA) is 20.2 Å². The molecule has 19 heavy (non-hydrogen) atoms. The zero-order valence-electron chi connectivity index (χ0n) is 11.5. The van der Waals surface area contributed by atoms with Crippen LogP contribution in [0.1, 0.15) is 25.0 Å². The first-order valence-electron chi connectivity index (χ1n) is 6.58. The summed E-state index contributed by atoms with van der Waals surface area (Å²) >= 11 is 0. The summed E-state index contributed by atoms with van der Waals surface area (Å²) in [6, 6.07) is 20.4. The molecule has 2 rings (SSSR count). The minimum absolute atomic E-state index is 0.763. The average Bonchev–Trinajstić information content (AvgIpc) is 2.39. The van der Waals surface area contributed by atoms with Gasteiger partial charge in [-0.05, 0) is 37.0 Å². The molecule has 0 radical (unpaired) electrons. The van der Waals surface area contributed by atoms with Crippen LogP contribution in [0.25, 0.3) is 6.08 Å². The van der Waals surface area contributed by atoms with Gasteiger partial charge in [-0.15, -0.1) is 0 Å². The summed E-state index contributed by atoms with van der Waals surface area (Å²) in [5, 5.41) is 10.3. The molecule has 2 aromatic rings. The number of rotatable bonds is 4. The molecule has 0 unspecified atom stereocenters. The zero-order chi connectivity index (χ0) is 13.7. The molecule has 1 nitrogen and oxygen atoms in total. The lowest BCUT2D eigenvalue weighted by Gasteiger charge is -2.22. The molecule has 1 N–H and O–H groups in total. The van der Waals surface area contributed by atoms with E-state index in [1.807, 2.05) is 50.2 Å². The zero-order valence-corrected chi connectivity index (χ0v) is 11.5. The van der Waals surface area contributed by atoms with E-state index in [1.165, 1.54) is 5.56 Å². The van der Waals surface area contributed by atoms with Crippen LogP contribution >= 0.6 is 0 Å². The molecule has 0 aliphatic heterocycles. The second-order valence-electron chi connectivity index (χ2n) is 5.30. The summed E-state index contributed by atoms with van der Waals surface area (Å²) in [7, 11) is 0. The molecule has 0 amide bonds. The Balaban J connectivity index is 2.30. The van der Waals surface area contributed by atoms with Gasteiger partial charge in [0.25, 0.3) is 0 Å². The molecule has 0 spiro atoms. The van der Waals surface area contributed by atoms with Crippen molar-refractivity contribution in [1.29, 1.82) is 0 Å². The van der Waals surface area contributed by atoms with Crippen LogP contribution in [0.2, 0.25) is 0 Å². The van der Waals surface area contributed by atoms with E-state index in [2.05, 4.69) is 30.3 Å². The highest BCUT2D eigenvalue weighted by atomic mass is 16.3. The maximum atomic E-state index is 10.3. The minimum atomic E-state index is -0.814. The number of hydrogen-bond donors (Lipinski definition) is 1. The molecule has 98 valence electrons. The van der Waals surface area contributed by atoms with Crippen LogP contribution in [-0.4, -0.2) is 10.7 Å². The van der Waals surface area contributed by atoms with E-state index in [0.717, 1.165) is 17.6 Å². The fraction of sp³-hybridized carbons (Fsp3) is 0.222. The quantitative estimate of drug-likeness (QED) is 0.869. The van der Waals surface area contributed by atoms with Gasteiger partial charge in [-0.1, -0.05) is 66.7 Å². The monoisotopic (exact) mass is 252 g/mol. The molecule has 0 aliphatic carbocycles. The van der Waals surface area contributed by atoms with Gasteiger partial charge in [-0.2, -0.15) is 0 Å². The average molecular weight is 252 g/mol. The number of hydrogen-bond acceptors (Lipinski definition) is 1. The van der Waals surface area contributed by atoms with Crippen molar-refractivity contribution in [1.82, 2.24) is 0 Å². The molecule has 1 heteroatoms. The van der Waals surface area contributed by atoms with E-state index >= 15 is 0 Å². The standard InChI is InChI=1S/C18H20O/c1-18(2,19)17(13-15-9-5-3-6-10-15)14-16-11-7-4-8-12-16/h3-13,19H,14H2,1-2H3/b17-13+. The van der Waals surface area contributed by atoms with Gasteiger partial charge < -0.3 is 5.11 Å². The molecular formula is C18H20O. The Morgan fingerprint density at radius 2 is 1.47 bits per heavy atom. The smallest absolute Gasteiger partial charge is 0.0807 e. The SMILES string of the molecule is CC(C)(O)/C(=C/c1ccccc1)Cc1ccccc1. The highest BCUT2D eigenvalue weighted by molar-refractivity contribution is 5.55. The van der Waals surface area contributed by atoms with Gasteiger partial charge >= 0.3 is 0 Å². The lowest BCUT2D eigenvalue weighted by atomic mass is 9.90. The third-order valence-electron chi connectivity index (χ3n) is 3.16. The van der Waals surface area contributed by atoms with Crippen molar-refractivity contribution in [3.63, 3.8) is 0 Å². The van der Waals surface area contributed by atoms with Crippen LogP contribution in [0.3, 0.4) is 0 Å². The van der Waals surface area contributed by atoms with E-state index < -0.39 is 5.60 Å². The lowest BCUT2D eigenvalue weighted by Crippen LogP contribution is -2.23. The Kier molecular flexibility index (Phi) is 4.18. The maximum absolute atomic E-state index is 10.3. The van der Waals surface area contributed by atoms with Gasteiger partial charge in [-0.25, -0.2) is 0 Å². The second-order valence-corrected chi connectivity index (χ2v) is 5.30. The predicted octanol–water partition coefficient (Wildman–Crippen LogP) is 4.08. The summed E-state index contributed by atoms with van der Waals surface area (Å²) in [5.74, 6) is 0. The Morgan fingerprint density at radius 3 is 2.00 bits per heavy atom. The highest BCUT2D eigenvalue weighted by Gasteiger charge is 2.19. The molecule has 0 saturated carbocycles. The van der Waals surface area contributed by atoms with Crippen LogP contribution in [0.15, 0.2) is 66.2 Å². The summed E-state index contributed by atoms with van der Waals surface area (Å²) < 4.78 is 0. The first-order chi connectivity index (χ1) is 9.05. The van der Waals surface area contributed by atoms with Crippen LogP contribution in [-0.2, 0) is 6.42 Å². The molecule has 0 atom stereocenters. The van der Waals surface area contributed by atoms with Crippen molar-refractivity contribution >= 4 is 6.08 Å². The van der Waals surface area contributed by atoms with Gasteiger partial charge in [0.2, 0.25) is 0 Å². The van der Waals surface area contributed by atoms with E-state index in [-0.39, 0.29) is 0 Å². The van der Waals surface area contributed by atoms with Crippen LogP contribution in [0.4, 0.5) is 0 Å². The Bertz CT molecular complexity index is 533. The summed E-state index contributed by atoms with van der Waals surface area (Å²) in [6.45, 7) is 3.68. The third-order valence-corrected chi connectivity index (χ3v) is 3.16. The van der Waals surface area contributed by atoms with E-state index in [4.69, 9.17) is 0 Å². The van der Waals surface area contributed by atoms with Gasteiger partial charge in [0, 0.05) is 0 Å². The molecule has 0 saturated heterocycles. The Hall–Kier alpha value is -1.86. The van der Waals surface area contributed by atoms with Crippen molar-refractivity contribution in [3.05, 3.63) is 77.4 Å². The maximum Gasteiger partial charge on any atom is 0.0807 e. The van der Waals surface area contributed by atoms with Crippen molar-refractivity contribution in [2.75, 3.05) is 0 Å². The van der Waals surface area contributed by atoms with Crippen molar-refractivity contribution < 1.29 is 5.11 Å². The van der Waals surface area contributed by atoms with Crippen molar-refractivity contribution in [3.8, 4) is 0 Å².